The quantitative estimate of drug-likeness (QED) is 0.203. The van der Waals surface area contributed by atoms with Crippen LogP contribution in [0.1, 0.15) is 55.2 Å². The molecule has 1 aliphatic carbocycles. The third kappa shape index (κ3) is 5.22. The SMILES string of the molecule is CCOC(=O)[C@@H]1CCc2c(c(O[C@H]3O[C@H](CO)[C@@H](O)[C@H](O)[C@]3(O)CCCO)c(OC)c3occ([C@H]4CNC(=O)C4)c23)C1. The van der Waals surface area contributed by atoms with Gasteiger partial charge in [-0.25, -0.2) is 0 Å². The number of amides is 1. The molecular formula is C29H39NO12. The summed E-state index contributed by atoms with van der Waals surface area (Å²) in [5, 5.41) is 56.0. The van der Waals surface area contributed by atoms with Crippen LogP contribution >= 0.6 is 0 Å². The number of ether oxygens (including phenoxy) is 4. The summed E-state index contributed by atoms with van der Waals surface area (Å²) in [5.41, 5.74) is 0.423. The maximum absolute atomic E-state index is 12.8. The highest BCUT2D eigenvalue weighted by molar-refractivity contribution is 5.95. The first-order valence-corrected chi connectivity index (χ1v) is 14.4. The Morgan fingerprint density at radius 1 is 1.19 bits per heavy atom. The van der Waals surface area contributed by atoms with Crippen LogP contribution in [0.4, 0.5) is 0 Å². The van der Waals surface area contributed by atoms with Crippen molar-refractivity contribution in [2.24, 2.45) is 5.92 Å². The predicted octanol–water partition coefficient (Wildman–Crippen LogP) is 0.0343. The van der Waals surface area contributed by atoms with Gasteiger partial charge >= 0.3 is 5.97 Å². The molecule has 0 saturated carbocycles. The number of carbonyl (C=O) groups excluding carboxylic acids is 2. The topological polar surface area (TPSA) is 197 Å². The summed E-state index contributed by atoms with van der Waals surface area (Å²) in [6.45, 7) is 1.43. The zero-order valence-electron chi connectivity index (χ0n) is 23.7. The van der Waals surface area contributed by atoms with E-state index in [0.717, 1.165) is 16.5 Å². The number of methoxy groups -OCH3 is 1. The minimum absolute atomic E-state index is 0.0577. The van der Waals surface area contributed by atoms with Gasteiger partial charge in [-0.1, -0.05) is 0 Å². The van der Waals surface area contributed by atoms with E-state index in [-0.39, 0.29) is 61.8 Å². The highest BCUT2D eigenvalue weighted by Gasteiger charge is 2.56. The van der Waals surface area contributed by atoms with Crippen LogP contribution in [0.25, 0.3) is 11.0 Å². The van der Waals surface area contributed by atoms with Gasteiger partial charge in [0.2, 0.25) is 17.9 Å². The average molecular weight is 594 g/mol. The molecule has 6 N–H and O–H groups in total. The van der Waals surface area contributed by atoms with E-state index in [2.05, 4.69) is 5.32 Å². The molecule has 3 heterocycles. The predicted molar refractivity (Wildman–Crippen MR) is 145 cm³/mol. The van der Waals surface area contributed by atoms with Crippen LogP contribution in [-0.4, -0.2) is 101 Å². The Labute approximate surface area is 242 Å². The molecule has 1 amide bonds. The van der Waals surface area contributed by atoms with Crippen molar-refractivity contribution in [2.75, 3.05) is 33.5 Å². The van der Waals surface area contributed by atoms with Gasteiger partial charge in [0.05, 0.1) is 32.5 Å². The van der Waals surface area contributed by atoms with E-state index >= 15 is 0 Å². The van der Waals surface area contributed by atoms with E-state index in [1.165, 1.54) is 7.11 Å². The Morgan fingerprint density at radius 3 is 2.62 bits per heavy atom. The molecule has 13 heteroatoms. The van der Waals surface area contributed by atoms with Crippen molar-refractivity contribution in [1.29, 1.82) is 0 Å². The Bertz CT molecular complexity index is 1310. The zero-order valence-corrected chi connectivity index (χ0v) is 23.7. The molecular weight excluding hydrogens is 554 g/mol. The fourth-order valence-corrected chi connectivity index (χ4v) is 6.44. The smallest absolute Gasteiger partial charge is 0.309 e. The van der Waals surface area contributed by atoms with Gasteiger partial charge in [0, 0.05) is 42.0 Å². The number of aliphatic hydroxyl groups is 5. The van der Waals surface area contributed by atoms with Crippen LogP contribution in [0.5, 0.6) is 11.5 Å². The Balaban J connectivity index is 1.66. The lowest BCUT2D eigenvalue weighted by molar-refractivity contribution is -0.322. The molecule has 5 rings (SSSR count). The number of benzene rings is 1. The first-order valence-electron chi connectivity index (χ1n) is 14.4. The van der Waals surface area contributed by atoms with Crippen LogP contribution in [0, 0.1) is 5.92 Å². The second-order valence-corrected chi connectivity index (χ2v) is 11.2. The molecule has 2 aromatic rings. The first kappa shape index (κ1) is 30.5. The van der Waals surface area contributed by atoms with E-state index in [0.29, 0.717) is 37.0 Å². The van der Waals surface area contributed by atoms with Gasteiger partial charge in [-0.15, -0.1) is 0 Å². The van der Waals surface area contributed by atoms with E-state index in [9.17, 15) is 35.1 Å². The number of fused-ring (bicyclic) bond motifs is 3. The second-order valence-electron chi connectivity index (χ2n) is 11.2. The number of nitrogens with one attached hydrogen (secondary N) is 1. The Kier molecular flexibility index (Phi) is 8.97. The molecule has 2 fully saturated rings. The average Bonchev–Trinajstić information content (AvgIpc) is 3.62. The zero-order chi connectivity index (χ0) is 30.2. The number of hydrogen-bond acceptors (Lipinski definition) is 12. The molecule has 1 aromatic heterocycles. The largest absolute Gasteiger partial charge is 0.490 e. The number of carbonyl (C=O) groups is 2. The van der Waals surface area contributed by atoms with Crippen molar-refractivity contribution in [3.63, 3.8) is 0 Å². The molecule has 0 radical (unpaired) electrons. The van der Waals surface area contributed by atoms with Gasteiger partial charge in [-0.3, -0.25) is 9.59 Å². The Hall–Kier alpha value is -2.94. The van der Waals surface area contributed by atoms with Gasteiger partial charge in [-0.2, -0.15) is 0 Å². The van der Waals surface area contributed by atoms with Crippen LogP contribution in [0.2, 0.25) is 0 Å². The minimum Gasteiger partial charge on any atom is -0.490 e. The van der Waals surface area contributed by atoms with Crippen molar-refractivity contribution in [3.05, 3.63) is 23.0 Å². The Morgan fingerprint density at radius 2 is 1.98 bits per heavy atom. The van der Waals surface area contributed by atoms with E-state index in [4.69, 9.17) is 23.4 Å². The van der Waals surface area contributed by atoms with Gasteiger partial charge in [0.1, 0.15) is 18.3 Å². The van der Waals surface area contributed by atoms with Crippen LogP contribution < -0.4 is 14.8 Å². The molecule has 0 unspecified atom stereocenters. The number of aryl methyl sites for hydroxylation is 1. The van der Waals surface area contributed by atoms with Gasteiger partial charge in [0.25, 0.3) is 0 Å². The van der Waals surface area contributed by atoms with Crippen LogP contribution in [-0.2, 0) is 31.9 Å². The number of aliphatic hydroxyl groups excluding tert-OH is 4. The van der Waals surface area contributed by atoms with E-state index in [1.807, 2.05) is 0 Å². The normalized spacial score (nSPS) is 31.1. The van der Waals surface area contributed by atoms with Crippen molar-refractivity contribution >= 4 is 22.8 Å². The molecule has 2 saturated heterocycles. The molecule has 0 bridgehead atoms. The third-order valence-electron chi connectivity index (χ3n) is 8.67. The maximum atomic E-state index is 12.8. The summed E-state index contributed by atoms with van der Waals surface area (Å²) in [4.78, 5) is 24.9. The molecule has 1 aromatic carbocycles. The summed E-state index contributed by atoms with van der Waals surface area (Å²) in [6, 6.07) is 0. The standard InChI is InChI=1S/C29H39NO12/c1-3-39-27(36)14-5-6-16-17(9-14)23(25(38-2)24-21(16)18(13-40-24)15-10-20(33)30-11-15)42-28-29(37,7-4-8-31)26(35)22(34)19(12-32)41-28/h13-15,19,22,26,28,31-32,34-35,37H,3-12H2,1-2H3,(H,30,33)/t14-,15-,19-,22-,26+,28-,29-/m1/s1. The summed E-state index contributed by atoms with van der Waals surface area (Å²) in [7, 11) is 1.41. The monoisotopic (exact) mass is 593 g/mol. The number of rotatable bonds is 10. The highest BCUT2D eigenvalue weighted by Crippen LogP contribution is 2.50. The number of furan rings is 1. The van der Waals surface area contributed by atoms with E-state index < -0.39 is 42.7 Å². The third-order valence-corrected chi connectivity index (χ3v) is 8.67. The molecule has 2 aliphatic heterocycles. The van der Waals surface area contributed by atoms with Crippen molar-refractivity contribution in [1.82, 2.24) is 5.32 Å². The van der Waals surface area contributed by atoms with E-state index in [1.54, 1.807) is 13.2 Å². The van der Waals surface area contributed by atoms with Crippen molar-refractivity contribution in [3.8, 4) is 11.5 Å². The van der Waals surface area contributed by atoms with Gasteiger partial charge in [-0.05, 0) is 44.6 Å². The molecule has 232 valence electrons. The summed E-state index contributed by atoms with van der Waals surface area (Å²) in [6.07, 6.45) is -3.38. The van der Waals surface area contributed by atoms with Gasteiger partial charge < -0.3 is 54.2 Å². The van der Waals surface area contributed by atoms with Gasteiger partial charge in [0.15, 0.2) is 16.9 Å². The number of hydrogen-bond donors (Lipinski definition) is 6. The summed E-state index contributed by atoms with van der Waals surface area (Å²) < 4.78 is 29.3. The molecule has 7 atom stereocenters. The lowest BCUT2D eigenvalue weighted by Gasteiger charge is -2.48. The fraction of sp³-hybridized carbons (Fsp3) is 0.655. The lowest BCUT2D eigenvalue weighted by atomic mass is 9.79. The summed E-state index contributed by atoms with van der Waals surface area (Å²) in [5.74, 6) is -0.777. The second kappa shape index (κ2) is 12.3. The molecule has 13 nitrogen and oxygen atoms in total. The fourth-order valence-electron chi connectivity index (χ4n) is 6.44. The van der Waals surface area contributed by atoms with Crippen LogP contribution in [0.15, 0.2) is 10.7 Å². The summed E-state index contributed by atoms with van der Waals surface area (Å²) >= 11 is 0. The minimum atomic E-state index is -2.18. The molecule has 42 heavy (non-hydrogen) atoms. The first-order chi connectivity index (χ1) is 20.2. The highest BCUT2D eigenvalue weighted by atomic mass is 16.7. The van der Waals surface area contributed by atoms with Crippen molar-refractivity contribution < 1.29 is 58.5 Å². The number of esters is 1. The lowest BCUT2D eigenvalue weighted by Crippen LogP contribution is -2.68. The van der Waals surface area contributed by atoms with Crippen molar-refractivity contribution in [2.45, 2.75) is 81.6 Å². The molecule has 0 spiro atoms. The maximum Gasteiger partial charge on any atom is 0.309 e. The molecule has 3 aliphatic rings. The van der Waals surface area contributed by atoms with Crippen LogP contribution in [0.3, 0.4) is 0 Å².